The zero-order chi connectivity index (χ0) is 57.1. The highest BCUT2D eigenvalue weighted by Crippen LogP contribution is 2.29. The number of carboxylic acid groups (broad SMARTS) is 3. The molecule has 25 heteroatoms. The maximum atomic E-state index is 14.2. The molecule has 2 aliphatic carbocycles. The van der Waals surface area contributed by atoms with Crippen LogP contribution in [0.1, 0.15) is 123 Å². The summed E-state index contributed by atoms with van der Waals surface area (Å²) in [6, 6.07) is 11.0. The van der Waals surface area contributed by atoms with Crippen molar-refractivity contribution < 1.29 is 53.1 Å². The van der Waals surface area contributed by atoms with Crippen LogP contribution in [0.4, 0.5) is 55.8 Å². The minimum Gasteiger partial charge on any atom is -0.494 e. The van der Waals surface area contributed by atoms with E-state index < -0.39 is 48.0 Å². The van der Waals surface area contributed by atoms with E-state index in [9.17, 15) is 23.2 Å². The second-order valence-electron chi connectivity index (χ2n) is 20.9. The van der Waals surface area contributed by atoms with E-state index in [1.807, 2.05) is 0 Å². The van der Waals surface area contributed by atoms with Crippen LogP contribution in [0.3, 0.4) is 0 Å². The second kappa shape index (κ2) is 31.1. The van der Waals surface area contributed by atoms with E-state index in [0.717, 1.165) is 77.5 Å². The largest absolute Gasteiger partial charge is 0.494 e. The van der Waals surface area contributed by atoms with Crippen LogP contribution in [0.25, 0.3) is 0 Å². The van der Waals surface area contributed by atoms with Crippen LogP contribution in [-0.2, 0) is 14.4 Å². The molecule has 4 aliphatic rings. The molecular weight excluding hydrogens is 1040 g/mol. The van der Waals surface area contributed by atoms with E-state index in [2.05, 4.69) is 79.0 Å². The van der Waals surface area contributed by atoms with Crippen LogP contribution in [-0.4, -0.2) is 176 Å². The number of nitrogens with one attached hydrogen (secondary N) is 4. The quantitative estimate of drug-likeness (QED) is 0.0410. The summed E-state index contributed by atoms with van der Waals surface area (Å²) < 4.78 is 38.5. The normalized spacial score (nSPS) is 17.1. The number of benzene rings is 2. The lowest BCUT2D eigenvalue weighted by atomic mass is 9.96. The van der Waals surface area contributed by atoms with E-state index in [-0.39, 0.29) is 18.9 Å². The Morgan fingerprint density at radius 2 is 0.912 bits per heavy atom. The first kappa shape index (κ1) is 63.8. The summed E-state index contributed by atoms with van der Waals surface area (Å²) in [6.07, 6.45) is 16.5. The van der Waals surface area contributed by atoms with Crippen LogP contribution >= 0.6 is 0 Å². The van der Waals surface area contributed by atoms with Gasteiger partial charge in [-0.1, -0.05) is 58.8 Å². The van der Waals surface area contributed by atoms with Crippen molar-refractivity contribution in [3.05, 3.63) is 48.0 Å². The molecule has 442 valence electrons. The van der Waals surface area contributed by atoms with Crippen LogP contribution in [0, 0.1) is 11.6 Å². The molecule has 0 radical (unpaired) electrons. The topological polar surface area (TPSA) is 289 Å². The molecule has 0 atom stereocenters. The Hall–Kier alpha value is -6.99. The van der Waals surface area contributed by atoms with Crippen LogP contribution in [0.15, 0.2) is 36.4 Å². The van der Waals surface area contributed by atoms with Gasteiger partial charge in [0.05, 0.1) is 27.1 Å². The molecule has 8 rings (SSSR count). The molecule has 2 saturated heterocycles. The van der Waals surface area contributed by atoms with Gasteiger partial charge in [0.1, 0.15) is 0 Å². The molecule has 4 heterocycles. The lowest BCUT2D eigenvalue weighted by Crippen LogP contribution is -2.42. The summed E-state index contributed by atoms with van der Waals surface area (Å²) in [7, 11) is 11.3. The summed E-state index contributed by atoms with van der Waals surface area (Å²) in [5.74, 6) is -2.26. The molecular formula is C55H84F2N14O9. The number of carbonyl (C=O) groups is 3. The number of anilines is 8. The Morgan fingerprint density at radius 3 is 1.21 bits per heavy atom. The first-order valence-electron chi connectivity index (χ1n) is 27.3. The molecule has 80 heavy (non-hydrogen) atoms. The number of ether oxygens (including phenoxy) is 2. The summed E-state index contributed by atoms with van der Waals surface area (Å²) in [4.78, 5) is 67.7. The standard InChI is InChI=1S/2C24H36FN7O.C6H8O7.CH4/c2*1-31-14-12-19(13-15-31)32(2)24-29-22(26-17-8-6-4-5-7-9-17)28-23(30-24)27-18-10-11-21(33-3)20(25)16-18;7-3(8)1-6(13,5(11)12)2-4(9)10;/h2*10-11,16-17,19H,4-9,12-15H2,1-3H3,(H2,26,27,28,29,30);13H,1-2H2,(H,7,8)(H,9,10)(H,11,12);1H4. The number of carboxylic acids is 3. The van der Waals surface area contributed by atoms with Crippen molar-refractivity contribution in [2.45, 2.75) is 153 Å². The number of rotatable bonds is 19. The average molecular weight is 1120 g/mol. The Labute approximate surface area is 468 Å². The highest BCUT2D eigenvalue weighted by atomic mass is 19.1. The maximum absolute atomic E-state index is 14.2. The van der Waals surface area contributed by atoms with Gasteiger partial charge in [-0.15, -0.1) is 0 Å². The number of methoxy groups -OCH3 is 2. The van der Waals surface area contributed by atoms with Gasteiger partial charge in [0, 0.05) is 61.8 Å². The van der Waals surface area contributed by atoms with Crippen molar-refractivity contribution in [1.29, 1.82) is 0 Å². The number of aromatic nitrogens is 6. The third-order valence-electron chi connectivity index (χ3n) is 14.8. The lowest BCUT2D eigenvalue weighted by molar-refractivity contribution is -0.170. The molecule has 2 aromatic carbocycles. The molecule has 2 aliphatic heterocycles. The Morgan fingerprint density at radius 1 is 0.575 bits per heavy atom. The van der Waals surface area contributed by atoms with E-state index >= 15 is 0 Å². The number of halogens is 2. The van der Waals surface area contributed by atoms with Crippen molar-refractivity contribution in [2.75, 3.05) is 99.7 Å². The molecule has 2 saturated carbocycles. The highest BCUT2D eigenvalue weighted by Gasteiger charge is 2.41. The monoisotopic (exact) mass is 1120 g/mol. The van der Waals surface area contributed by atoms with E-state index in [1.165, 1.54) is 77.7 Å². The Balaban J connectivity index is 0.000000240. The van der Waals surface area contributed by atoms with Crippen LogP contribution < -0.4 is 40.5 Å². The zero-order valence-corrected chi connectivity index (χ0v) is 46.4. The van der Waals surface area contributed by atoms with Gasteiger partial charge < -0.3 is 70.8 Å². The van der Waals surface area contributed by atoms with Crippen LogP contribution in [0.5, 0.6) is 11.5 Å². The van der Waals surface area contributed by atoms with Crippen molar-refractivity contribution in [3.63, 3.8) is 0 Å². The molecule has 4 fully saturated rings. The molecule has 0 spiro atoms. The van der Waals surface area contributed by atoms with Crippen molar-refractivity contribution in [3.8, 4) is 11.5 Å². The summed E-state index contributed by atoms with van der Waals surface area (Å²) in [5.41, 5.74) is -1.61. The van der Waals surface area contributed by atoms with Gasteiger partial charge in [-0.25, -0.2) is 13.6 Å². The van der Waals surface area contributed by atoms with Gasteiger partial charge in [-0.2, -0.15) is 29.9 Å². The number of hydrogen-bond donors (Lipinski definition) is 8. The predicted molar refractivity (Wildman–Crippen MR) is 304 cm³/mol. The SMILES string of the molecule is C.COc1ccc(Nc2nc(NC3CCCCCC3)nc(N(C)C3CCN(C)CC3)n2)cc1F.COc1ccc(Nc2nc(NC3CCCCCC3)nc(N(C)C3CCN(C)CC3)n2)cc1F.O=C(O)CC(O)(CC(=O)O)C(=O)O. The Bertz CT molecular complexity index is 2430. The predicted octanol–water partition coefficient (Wildman–Crippen LogP) is 8.24. The number of likely N-dealkylation sites (tertiary alicyclic amines) is 2. The minimum absolute atomic E-state index is 0. The molecule has 0 unspecified atom stereocenters. The minimum atomic E-state index is -2.74. The molecule has 23 nitrogen and oxygen atoms in total. The summed E-state index contributed by atoms with van der Waals surface area (Å²) >= 11 is 0. The summed E-state index contributed by atoms with van der Waals surface area (Å²) in [6.45, 7) is 4.24. The fourth-order valence-corrected chi connectivity index (χ4v) is 10.1. The number of aliphatic hydroxyl groups is 1. The van der Waals surface area contributed by atoms with Crippen molar-refractivity contribution >= 4 is 65.0 Å². The zero-order valence-electron chi connectivity index (χ0n) is 46.4. The number of aliphatic carboxylic acids is 3. The van der Waals surface area contributed by atoms with E-state index in [4.69, 9.17) is 49.8 Å². The highest BCUT2D eigenvalue weighted by molar-refractivity contribution is 5.88. The average Bonchev–Trinajstić information content (AvgIpc) is 3.85. The van der Waals surface area contributed by atoms with Gasteiger partial charge in [-0.05, 0) is 116 Å². The third-order valence-corrected chi connectivity index (χ3v) is 14.8. The first-order chi connectivity index (χ1) is 37.8. The first-order valence-corrected chi connectivity index (χ1v) is 27.3. The third kappa shape index (κ3) is 19.7. The lowest BCUT2D eigenvalue weighted by Gasteiger charge is -2.35. The van der Waals surface area contributed by atoms with E-state index in [1.54, 1.807) is 24.3 Å². The molecule has 4 aromatic rings. The number of piperidine rings is 2. The smallest absolute Gasteiger partial charge is 0.336 e. The van der Waals surface area contributed by atoms with Crippen molar-refractivity contribution in [1.82, 2.24) is 39.7 Å². The Kier molecular flexibility index (Phi) is 24.8. The van der Waals surface area contributed by atoms with E-state index in [0.29, 0.717) is 71.2 Å². The molecule has 0 bridgehead atoms. The molecule has 0 amide bonds. The molecule has 2 aromatic heterocycles. The maximum Gasteiger partial charge on any atom is 0.336 e. The second-order valence-corrected chi connectivity index (χ2v) is 20.9. The van der Waals surface area contributed by atoms with Crippen LogP contribution in [0.2, 0.25) is 0 Å². The van der Waals surface area contributed by atoms with Gasteiger partial charge in [0.25, 0.3) is 0 Å². The van der Waals surface area contributed by atoms with Gasteiger partial charge in [0.2, 0.25) is 35.7 Å². The van der Waals surface area contributed by atoms with Crippen molar-refractivity contribution in [2.24, 2.45) is 0 Å². The van der Waals surface area contributed by atoms with Gasteiger partial charge in [-0.3, -0.25) is 9.59 Å². The number of nitrogens with zero attached hydrogens (tertiary/aromatic N) is 10. The number of hydrogen-bond acceptors (Lipinski definition) is 20. The summed E-state index contributed by atoms with van der Waals surface area (Å²) in [5, 5.41) is 47.2. The van der Waals surface area contributed by atoms with Gasteiger partial charge in [0.15, 0.2) is 28.7 Å². The fraction of sp³-hybridized carbons (Fsp3) is 0.618. The van der Waals surface area contributed by atoms with Gasteiger partial charge >= 0.3 is 17.9 Å². The molecule has 8 N–H and O–H groups in total. The fourth-order valence-electron chi connectivity index (χ4n) is 10.1.